The Kier molecular flexibility index (Phi) is 6.45. The van der Waals surface area contributed by atoms with Gasteiger partial charge in [0.05, 0.1) is 31.4 Å². The first-order chi connectivity index (χ1) is 16.9. The Labute approximate surface area is 207 Å². The molecule has 35 heavy (non-hydrogen) atoms. The van der Waals surface area contributed by atoms with Gasteiger partial charge in [-0.25, -0.2) is 9.59 Å². The molecular formula is C28H35N3O4. The minimum Gasteiger partial charge on any atom is -0.494 e. The van der Waals surface area contributed by atoms with Crippen molar-refractivity contribution in [1.29, 1.82) is 0 Å². The van der Waals surface area contributed by atoms with E-state index in [1.807, 2.05) is 42.2 Å². The number of hydrogen-bond acceptors (Lipinski definition) is 5. The molecule has 1 spiro atoms. The third kappa shape index (κ3) is 4.87. The second-order valence-electron chi connectivity index (χ2n) is 10.2. The molecule has 1 aliphatic carbocycles. The lowest BCUT2D eigenvalue weighted by Crippen LogP contribution is -2.52. The average molecular weight is 478 g/mol. The van der Waals surface area contributed by atoms with Crippen molar-refractivity contribution in [2.75, 3.05) is 38.3 Å². The predicted octanol–water partition coefficient (Wildman–Crippen LogP) is 4.62. The number of esters is 1. The number of amides is 2. The van der Waals surface area contributed by atoms with Crippen LogP contribution < -0.4 is 15.0 Å². The smallest absolute Gasteiger partial charge is 0.338 e. The largest absolute Gasteiger partial charge is 0.494 e. The van der Waals surface area contributed by atoms with Gasteiger partial charge in [0.2, 0.25) is 0 Å². The normalized spacial score (nSPS) is 19.6. The first kappa shape index (κ1) is 23.7. The third-order valence-corrected chi connectivity index (χ3v) is 7.59. The van der Waals surface area contributed by atoms with Crippen LogP contribution >= 0.6 is 0 Å². The molecule has 0 aromatic heterocycles. The lowest BCUT2D eigenvalue weighted by molar-refractivity contribution is 0.0598. The molecule has 2 amide bonds. The summed E-state index contributed by atoms with van der Waals surface area (Å²) in [5, 5.41) is 3.29. The second-order valence-corrected chi connectivity index (χ2v) is 10.2. The number of likely N-dealkylation sites (tertiary alicyclic amines) is 1. The molecule has 3 fully saturated rings. The maximum absolute atomic E-state index is 12.8. The van der Waals surface area contributed by atoms with Gasteiger partial charge in [-0.1, -0.05) is 17.7 Å². The molecule has 186 valence electrons. The number of benzene rings is 2. The molecule has 2 heterocycles. The molecule has 0 radical (unpaired) electrons. The van der Waals surface area contributed by atoms with Crippen molar-refractivity contribution in [2.24, 2.45) is 0 Å². The molecule has 2 saturated heterocycles. The van der Waals surface area contributed by atoms with Gasteiger partial charge >= 0.3 is 12.0 Å². The Balaban J connectivity index is 1.29. The van der Waals surface area contributed by atoms with E-state index in [-0.39, 0.29) is 17.5 Å². The van der Waals surface area contributed by atoms with E-state index in [4.69, 9.17) is 9.47 Å². The van der Waals surface area contributed by atoms with Gasteiger partial charge in [0.25, 0.3) is 0 Å². The summed E-state index contributed by atoms with van der Waals surface area (Å²) in [6.07, 6.45) is 4.03. The van der Waals surface area contributed by atoms with Crippen LogP contribution in [0, 0.1) is 6.92 Å². The Hall–Kier alpha value is -3.06. The summed E-state index contributed by atoms with van der Waals surface area (Å²) in [5.41, 5.74) is 4.79. The summed E-state index contributed by atoms with van der Waals surface area (Å²) in [4.78, 5) is 29.5. The molecule has 1 N–H and O–H groups in total. The molecule has 7 nitrogen and oxygen atoms in total. The Bertz CT molecular complexity index is 1100. The van der Waals surface area contributed by atoms with Gasteiger partial charge in [0.15, 0.2) is 0 Å². The van der Waals surface area contributed by atoms with Crippen LogP contribution in [0.2, 0.25) is 0 Å². The summed E-state index contributed by atoms with van der Waals surface area (Å²) >= 11 is 0. The first-order valence-electron chi connectivity index (χ1n) is 12.7. The zero-order chi connectivity index (χ0) is 24.6. The molecule has 0 bridgehead atoms. The maximum Gasteiger partial charge on any atom is 0.338 e. The average Bonchev–Trinajstić information content (AvgIpc) is 3.65. The monoisotopic (exact) mass is 477 g/mol. The zero-order valence-electron chi connectivity index (χ0n) is 20.9. The number of nitrogens with one attached hydrogen (secondary N) is 1. The van der Waals surface area contributed by atoms with Crippen molar-refractivity contribution in [1.82, 2.24) is 10.2 Å². The molecule has 5 rings (SSSR count). The highest BCUT2D eigenvalue weighted by molar-refractivity contribution is 5.95. The van der Waals surface area contributed by atoms with E-state index in [0.29, 0.717) is 24.6 Å². The fraction of sp³-hybridized carbons (Fsp3) is 0.500. The number of ether oxygens (including phenoxy) is 2. The van der Waals surface area contributed by atoms with Crippen molar-refractivity contribution in [3.8, 4) is 5.75 Å². The summed E-state index contributed by atoms with van der Waals surface area (Å²) in [6, 6.07) is 12.2. The van der Waals surface area contributed by atoms with E-state index in [0.717, 1.165) is 67.9 Å². The van der Waals surface area contributed by atoms with Gasteiger partial charge in [-0.05, 0) is 75.3 Å². The maximum atomic E-state index is 12.8. The first-order valence-corrected chi connectivity index (χ1v) is 12.7. The van der Waals surface area contributed by atoms with E-state index in [2.05, 4.69) is 23.2 Å². The van der Waals surface area contributed by atoms with Crippen LogP contribution in [-0.2, 0) is 11.3 Å². The minimum atomic E-state index is -0.297. The number of anilines is 1. The Morgan fingerprint density at radius 3 is 2.49 bits per heavy atom. The van der Waals surface area contributed by atoms with Gasteiger partial charge in [-0.2, -0.15) is 0 Å². The van der Waals surface area contributed by atoms with E-state index in [1.165, 1.54) is 12.7 Å². The Morgan fingerprint density at radius 1 is 1.14 bits per heavy atom. The highest BCUT2D eigenvalue weighted by Crippen LogP contribution is 2.44. The number of urea groups is 1. The van der Waals surface area contributed by atoms with Crippen LogP contribution in [-0.4, -0.2) is 55.8 Å². The minimum absolute atomic E-state index is 0.00610. The molecular weight excluding hydrogens is 442 g/mol. The van der Waals surface area contributed by atoms with Gasteiger partial charge in [-0.15, -0.1) is 0 Å². The van der Waals surface area contributed by atoms with Crippen LogP contribution in [0.15, 0.2) is 36.4 Å². The Morgan fingerprint density at radius 2 is 1.86 bits per heavy atom. The molecule has 2 aliphatic heterocycles. The molecule has 3 aliphatic rings. The second kappa shape index (κ2) is 9.53. The SMILES string of the molecule is CCOc1cc(C(=O)OC)c(C2CC2)cc1CN1CCC2(CC1)CN(c1ccc(C)cc1)C(=O)N2. The number of aryl methyl sites for hydroxylation is 1. The predicted molar refractivity (Wildman–Crippen MR) is 135 cm³/mol. The van der Waals surface area contributed by atoms with E-state index in [9.17, 15) is 9.59 Å². The van der Waals surface area contributed by atoms with Crippen LogP contribution in [0.25, 0.3) is 0 Å². The zero-order valence-corrected chi connectivity index (χ0v) is 20.9. The van der Waals surface area contributed by atoms with Crippen molar-refractivity contribution in [3.05, 3.63) is 58.7 Å². The summed E-state index contributed by atoms with van der Waals surface area (Å²) in [6.45, 7) is 7.81. The van der Waals surface area contributed by atoms with Gasteiger partial charge < -0.3 is 14.8 Å². The van der Waals surface area contributed by atoms with Crippen molar-refractivity contribution in [2.45, 2.75) is 57.5 Å². The quantitative estimate of drug-likeness (QED) is 0.589. The number of hydrogen-bond donors (Lipinski definition) is 1. The van der Waals surface area contributed by atoms with Crippen LogP contribution in [0.3, 0.4) is 0 Å². The van der Waals surface area contributed by atoms with Crippen LogP contribution in [0.1, 0.15) is 65.6 Å². The summed E-state index contributed by atoms with van der Waals surface area (Å²) in [5.74, 6) is 0.899. The fourth-order valence-corrected chi connectivity index (χ4v) is 5.38. The van der Waals surface area contributed by atoms with Crippen LogP contribution in [0.5, 0.6) is 5.75 Å². The number of rotatable bonds is 7. The van der Waals surface area contributed by atoms with E-state index >= 15 is 0 Å². The third-order valence-electron chi connectivity index (χ3n) is 7.59. The molecule has 2 aromatic carbocycles. The number of carbonyl (C=O) groups is 2. The highest BCUT2D eigenvalue weighted by atomic mass is 16.5. The van der Waals surface area contributed by atoms with E-state index in [1.54, 1.807) is 0 Å². The molecule has 0 atom stereocenters. The molecule has 2 aromatic rings. The van der Waals surface area contributed by atoms with Crippen molar-refractivity contribution in [3.63, 3.8) is 0 Å². The van der Waals surface area contributed by atoms with E-state index < -0.39 is 0 Å². The number of nitrogens with zero attached hydrogens (tertiary/aromatic N) is 2. The lowest BCUT2D eigenvalue weighted by Gasteiger charge is -2.39. The summed E-state index contributed by atoms with van der Waals surface area (Å²) in [7, 11) is 1.43. The number of piperidine rings is 1. The van der Waals surface area contributed by atoms with Crippen LogP contribution in [0.4, 0.5) is 10.5 Å². The van der Waals surface area contributed by atoms with Gasteiger partial charge in [0.1, 0.15) is 5.75 Å². The molecule has 0 unspecified atom stereocenters. The topological polar surface area (TPSA) is 71.1 Å². The summed E-state index contributed by atoms with van der Waals surface area (Å²) < 4.78 is 11.0. The number of methoxy groups -OCH3 is 1. The molecule has 7 heteroatoms. The van der Waals surface area contributed by atoms with Crippen molar-refractivity contribution >= 4 is 17.7 Å². The standard InChI is InChI=1S/C28H35N3O4/c1-4-35-25-16-24(26(32)34-3)23(20-7-8-20)15-21(25)17-30-13-11-28(12-14-30)18-31(27(33)29-28)22-9-5-19(2)6-10-22/h5-6,9-10,15-16,20H,4,7-8,11-14,17-18H2,1-3H3,(H,29,33). The van der Waals surface area contributed by atoms with Gasteiger partial charge in [0, 0.05) is 30.9 Å². The highest BCUT2D eigenvalue weighted by Gasteiger charge is 2.45. The lowest BCUT2D eigenvalue weighted by atomic mass is 9.88. The molecule has 1 saturated carbocycles. The number of carbonyl (C=O) groups excluding carboxylic acids is 2. The van der Waals surface area contributed by atoms with Gasteiger partial charge in [-0.3, -0.25) is 9.80 Å². The fourth-order valence-electron chi connectivity index (χ4n) is 5.38. The van der Waals surface area contributed by atoms with Crippen molar-refractivity contribution < 1.29 is 19.1 Å².